The number of ether oxygens (including phenoxy) is 2. The topological polar surface area (TPSA) is 101 Å². The highest BCUT2D eigenvalue weighted by atomic mass is 35.5. The molecule has 2 unspecified atom stereocenters. The summed E-state index contributed by atoms with van der Waals surface area (Å²) in [5, 5.41) is 12.8. The van der Waals surface area contributed by atoms with E-state index in [-0.39, 0.29) is 23.9 Å². The molecule has 9 rings (SSSR count). The third-order valence-corrected chi connectivity index (χ3v) is 12.9. The van der Waals surface area contributed by atoms with E-state index in [0.717, 1.165) is 97.2 Å². The number of halogens is 1. The number of rotatable bonds is 9. The van der Waals surface area contributed by atoms with Gasteiger partial charge in [-0.3, -0.25) is 14.6 Å². The molecule has 2 aromatic carbocycles. The van der Waals surface area contributed by atoms with Gasteiger partial charge in [0.1, 0.15) is 12.4 Å². The minimum absolute atomic E-state index is 0.0306. The van der Waals surface area contributed by atoms with E-state index >= 15 is 0 Å². The molecule has 6 aliphatic rings. The Labute approximate surface area is 310 Å². The van der Waals surface area contributed by atoms with Gasteiger partial charge in [0.25, 0.3) is 0 Å². The Kier molecular flexibility index (Phi) is 9.20. The lowest BCUT2D eigenvalue weighted by atomic mass is 9.91. The van der Waals surface area contributed by atoms with E-state index in [1.165, 1.54) is 19.3 Å². The highest BCUT2D eigenvalue weighted by Crippen LogP contribution is 2.40. The van der Waals surface area contributed by atoms with Crippen LogP contribution in [0.2, 0.25) is 5.02 Å². The van der Waals surface area contributed by atoms with Crippen LogP contribution in [0.5, 0.6) is 6.01 Å². The molecule has 0 saturated carbocycles. The molecule has 1 amide bonds. The van der Waals surface area contributed by atoms with Crippen molar-refractivity contribution in [3.8, 4) is 12.1 Å². The Bertz CT molecular complexity index is 1890. The number of hydrogen-bond acceptors (Lipinski definition) is 10. The van der Waals surface area contributed by atoms with Crippen LogP contribution < -0.4 is 14.5 Å². The van der Waals surface area contributed by atoms with E-state index < -0.39 is 0 Å². The van der Waals surface area contributed by atoms with Crippen LogP contribution in [0.4, 0.5) is 11.5 Å². The summed E-state index contributed by atoms with van der Waals surface area (Å²) in [6.07, 6.45) is 10.6. The molecular weight excluding hydrogens is 676 g/mol. The third kappa shape index (κ3) is 6.17. The minimum Gasteiger partial charge on any atom is -0.461 e. The van der Waals surface area contributed by atoms with Gasteiger partial charge in [-0.1, -0.05) is 41.9 Å². The lowest BCUT2D eigenvalue weighted by molar-refractivity contribution is -0.129. The van der Waals surface area contributed by atoms with Gasteiger partial charge >= 0.3 is 6.01 Å². The van der Waals surface area contributed by atoms with Crippen molar-refractivity contribution >= 4 is 39.8 Å². The van der Waals surface area contributed by atoms with Crippen LogP contribution in [0, 0.1) is 11.3 Å². The molecule has 272 valence electrons. The largest absolute Gasteiger partial charge is 0.461 e. The average Bonchev–Trinajstić information content (AvgIpc) is 3.76. The molecule has 0 spiro atoms. The monoisotopic (exact) mass is 722 g/mol. The van der Waals surface area contributed by atoms with Crippen molar-refractivity contribution in [2.45, 2.75) is 75.2 Å². The number of aromatic nitrogens is 2. The average molecular weight is 723 g/mol. The molecular formula is C40H47ClN8O3. The first-order valence-corrected chi connectivity index (χ1v) is 19.5. The summed E-state index contributed by atoms with van der Waals surface area (Å²) in [5.41, 5.74) is 3.26. The first-order valence-electron chi connectivity index (χ1n) is 19.1. The van der Waals surface area contributed by atoms with Crippen LogP contribution in [0.1, 0.15) is 49.8 Å². The second kappa shape index (κ2) is 14.1. The molecule has 5 saturated heterocycles. The Balaban J connectivity index is 0.978. The third-order valence-electron chi connectivity index (χ3n) is 12.5. The summed E-state index contributed by atoms with van der Waals surface area (Å²) in [7, 11) is 0. The molecule has 3 atom stereocenters. The molecule has 7 heterocycles. The van der Waals surface area contributed by atoms with Gasteiger partial charge < -0.3 is 24.2 Å². The first kappa shape index (κ1) is 33.9. The van der Waals surface area contributed by atoms with Crippen molar-refractivity contribution in [1.29, 1.82) is 5.26 Å². The summed E-state index contributed by atoms with van der Waals surface area (Å²) >= 11 is 6.78. The van der Waals surface area contributed by atoms with Gasteiger partial charge in [-0.05, 0) is 69.1 Å². The number of morpholine rings is 1. The Morgan fingerprint density at radius 2 is 1.85 bits per heavy atom. The minimum atomic E-state index is -0.245. The predicted molar refractivity (Wildman–Crippen MR) is 201 cm³/mol. The standard InChI is InChI=1S/C40H47ClN8O3/c41-33-8-1-6-28-7-2-9-35(37(28)33)45-19-12-32-34(24-45)43-39(52-27-40-13-4-16-47(40)17-5-14-40)44-38(32)46-20-21-49(29(23-46)11-15-42)36(50)10-3-18-48-30-22-31(48)26-51-25-30/h1-3,6-10,29-31H,4-5,11-14,16-27H2/b10-3+/t29-,30?,31?/m0/s1. The number of fused-ring (bicyclic) bond motifs is 5. The number of amides is 1. The Morgan fingerprint density at radius 1 is 1.04 bits per heavy atom. The Hall–Kier alpha value is -3.95. The maximum atomic E-state index is 13.5. The number of hydrogen-bond donors (Lipinski definition) is 0. The summed E-state index contributed by atoms with van der Waals surface area (Å²) in [6.45, 7) is 8.24. The van der Waals surface area contributed by atoms with Crippen molar-refractivity contribution in [2.24, 2.45) is 0 Å². The van der Waals surface area contributed by atoms with Crippen molar-refractivity contribution < 1.29 is 14.3 Å². The SMILES string of the molecule is N#CC[C@H]1CN(c2nc(OCC34CCCN3CCC4)nc3c2CCN(c2cccc4cccc(Cl)c24)C3)CCN1C(=O)/C=C/CN1C2COCC1C2. The molecule has 2 bridgehead atoms. The maximum Gasteiger partial charge on any atom is 0.318 e. The van der Waals surface area contributed by atoms with Crippen LogP contribution in [0.25, 0.3) is 10.8 Å². The van der Waals surface area contributed by atoms with Crippen molar-refractivity contribution in [1.82, 2.24) is 24.7 Å². The molecule has 0 aliphatic carbocycles. The lowest BCUT2D eigenvalue weighted by Gasteiger charge is -2.52. The van der Waals surface area contributed by atoms with E-state index in [2.05, 4.69) is 49.9 Å². The van der Waals surface area contributed by atoms with Crippen molar-refractivity contribution in [3.05, 3.63) is 64.8 Å². The normalized spacial score (nSPS) is 25.6. The second-order valence-corrected chi connectivity index (χ2v) is 15.8. The van der Waals surface area contributed by atoms with Crippen LogP contribution in [0.3, 0.4) is 0 Å². The summed E-state index contributed by atoms with van der Waals surface area (Å²) in [4.78, 5) is 35.3. The van der Waals surface area contributed by atoms with Crippen molar-refractivity contribution in [3.63, 3.8) is 0 Å². The molecule has 12 heteroatoms. The number of piperazine rings is 1. The maximum absolute atomic E-state index is 13.5. The smallest absolute Gasteiger partial charge is 0.318 e. The number of nitrogens with zero attached hydrogens (tertiary/aromatic N) is 8. The molecule has 11 nitrogen and oxygen atoms in total. The number of anilines is 2. The fraction of sp³-hybridized carbons (Fsp3) is 0.550. The zero-order valence-electron chi connectivity index (χ0n) is 29.8. The molecule has 52 heavy (non-hydrogen) atoms. The van der Waals surface area contributed by atoms with Crippen molar-refractivity contribution in [2.75, 3.05) is 75.4 Å². The van der Waals surface area contributed by atoms with Gasteiger partial charge in [-0.25, -0.2) is 0 Å². The van der Waals surface area contributed by atoms with E-state index in [4.69, 9.17) is 31.0 Å². The van der Waals surface area contributed by atoms with Gasteiger partial charge in [-0.15, -0.1) is 0 Å². The highest BCUT2D eigenvalue weighted by molar-refractivity contribution is 6.36. The quantitative estimate of drug-likeness (QED) is 0.286. The summed E-state index contributed by atoms with van der Waals surface area (Å²) < 4.78 is 12.2. The fourth-order valence-electron chi connectivity index (χ4n) is 9.82. The second-order valence-electron chi connectivity index (χ2n) is 15.4. The first-order chi connectivity index (χ1) is 25.5. The van der Waals surface area contributed by atoms with E-state index in [0.29, 0.717) is 50.9 Å². The Morgan fingerprint density at radius 3 is 2.63 bits per heavy atom. The number of benzene rings is 2. The van der Waals surface area contributed by atoms with E-state index in [9.17, 15) is 10.1 Å². The van der Waals surface area contributed by atoms with Crippen LogP contribution in [-0.2, 0) is 22.5 Å². The summed E-state index contributed by atoms with van der Waals surface area (Å²) in [6, 6.07) is 15.9. The van der Waals surface area contributed by atoms with Crippen LogP contribution in [0.15, 0.2) is 48.6 Å². The number of carbonyl (C=O) groups excluding carboxylic acids is 1. The van der Waals surface area contributed by atoms with Gasteiger partial charge in [0.15, 0.2) is 0 Å². The number of carbonyl (C=O) groups is 1. The van der Waals surface area contributed by atoms with E-state index in [1.807, 2.05) is 23.1 Å². The molecule has 3 aromatic rings. The zero-order chi connectivity index (χ0) is 35.2. The summed E-state index contributed by atoms with van der Waals surface area (Å²) in [5.74, 6) is 0.844. The molecule has 5 fully saturated rings. The fourth-order valence-corrected chi connectivity index (χ4v) is 10.1. The van der Waals surface area contributed by atoms with E-state index in [1.54, 1.807) is 6.08 Å². The van der Waals surface area contributed by atoms with Crippen LogP contribution >= 0.6 is 11.6 Å². The van der Waals surface area contributed by atoms with Gasteiger partial charge in [-0.2, -0.15) is 15.2 Å². The van der Waals surface area contributed by atoms with Gasteiger partial charge in [0.2, 0.25) is 5.91 Å². The molecule has 6 aliphatic heterocycles. The lowest BCUT2D eigenvalue weighted by Crippen LogP contribution is -2.63. The van der Waals surface area contributed by atoms with Gasteiger partial charge in [0, 0.05) is 67.5 Å². The predicted octanol–water partition coefficient (Wildman–Crippen LogP) is 4.81. The van der Waals surface area contributed by atoms with Gasteiger partial charge in [0.05, 0.1) is 54.5 Å². The number of nitriles is 1. The zero-order valence-corrected chi connectivity index (χ0v) is 30.5. The highest BCUT2D eigenvalue weighted by Gasteiger charge is 2.45. The molecule has 1 aromatic heterocycles. The molecule has 0 N–H and O–H groups in total. The molecule has 0 radical (unpaired) electrons. The van der Waals surface area contributed by atoms with Crippen LogP contribution in [-0.4, -0.2) is 120 Å².